The Morgan fingerprint density at radius 3 is 1.19 bits per heavy atom. The standard InChI is InChI=1S/C10H19NO2.C10H18O2.C9H17NO2.C9H16O2.C7H12O2.6CH4/c1-8(2)10(13)7-11-5-3-9(12)4-6-11;1-7(2)10(12)8-3-5-9(11)6-4-8;1-8(2)9(11)7-10-3-5-12-6-4-10;1-7(2)9(10)8-3-5-11-6-4-8;1-6(8)7-3-2-4-9-5-7;;;;;;/h8-9,12H,3-7H2,1-2H3;7-9,11H,3-6H2,1-2H3;8H,3-7H2,1-2H3;7-8H,3-6H2,1-2H3;7H,2-5H2,1H3;6*1H4. The Hall–Kier alpha value is -1.93. The average molecular weight is 907 g/mol. The van der Waals surface area contributed by atoms with Crippen molar-refractivity contribution < 1.29 is 48.4 Å². The van der Waals surface area contributed by atoms with Gasteiger partial charge >= 0.3 is 0 Å². The number of carbonyl (C=O) groups is 5. The summed E-state index contributed by atoms with van der Waals surface area (Å²) < 4.78 is 15.5. The Morgan fingerprint density at radius 1 is 0.460 bits per heavy atom. The third kappa shape index (κ3) is 33.2. The number of aliphatic hydroxyl groups excluding tert-OH is 2. The first-order chi connectivity index (χ1) is 26.9. The number of rotatable bonds is 11. The van der Waals surface area contributed by atoms with E-state index in [-0.39, 0.29) is 104 Å². The van der Waals surface area contributed by atoms with Crippen molar-refractivity contribution in [3.63, 3.8) is 0 Å². The van der Waals surface area contributed by atoms with Crippen LogP contribution < -0.4 is 0 Å². The topological polar surface area (TPSA) is 160 Å². The van der Waals surface area contributed by atoms with Gasteiger partial charge in [-0.2, -0.15) is 0 Å². The molecule has 4 heterocycles. The van der Waals surface area contributed by atoms with Crippen molar-refractivity contribution in [1.29, 1.82) is 0 Å². The van der Waals surface area contributed by atoms with Crippen LogP contribution in [0.3, 0.4) is 0 Å². The van der Waals surface area contributed by atoms with Crippen molar-refractivity contribution in [2.75, 3.05) is 78.9 Å². The number of Topliss-reactive ketones (excluding diaryl/α,β-unsaturated/α-hetero) is 5. The molecule has 0 aromatic carbocycles. The van der Waals surface area contributed by atoms with Crippen LogP contribution in [0.2, 0.25) is 0 Å². The first-order valence-corrected chi connectivity index (χ1v) is 22.1. The van der Waals surface area contributed by atoms with E-state index in [0.717, 1.165) is 123 Å². The van der Waals surface area contributed by atoms with Crippen LogP contribution in [0.5, 0.6) is 0 Å². The second-order valence-electron chi connectivity index (χ2n) is 17.7. The van der Waals surface area contributed by atoms with E-state index in [0.29, 0.717) is 42.8 Å². The Morgan fingerprint density at radius 2 is 0.841 bits per heavy atom. The van der Waals surface area contributed by atoms with E-state index in [4.69, 9.17) is 14.2 Å². The Labute approximate surface area is 389 Å². The van der Waals surface area contributed by atoms with Gasteiger partial charge in [0.15, 0.2) is 0 Å². The van der Waals surface area contributed by atoms with Gasteiger partial charge in [-0.15, -0.1) is 0 Å². The first kappa shape index (κ1) is 72.7. The third-order valence-electron chi connectivity index (χ3n) is 11.3. The number of likely N-dealkylation sites (tertiary alicyclic amines) is 1. The molecule has 0 spiro atoms. The van der Waals surface area contributed by atoms with Gasteiger partial charge in [0.2, 0.25) is 0 Å². The van der Waals surface area contributed by atoms with E-state index < -0.39 is 0 Å². The molecule has 380 valence electrons. The van der Waals surface area contributed by atoms with Crippen LogP contribution in [0.15, 0.2) is 0 Å². The number of ketones is 5. The summed E-state index contributed by atoms with van der Waals surface area (Å²) in [5.41, 5.74) is 0. The summed E-state index contributed by atoms with van der Waals surface area (Å²) in [6.07, 6.45) is 8.64. The minimum atomic E-state index is -0.152. The zero-order valence-electron chi connectivity index (χ0n) is 37.3. The molecule has 5 fully saturated rings. The third-order valence-corrected chi connectivity index (χ3v) is 11.3. The lowest BCUT2D eigenvalue weighted by molar-refractivity contribution is -0.129. The summed E-state index contributed by atoms with van der Waals surface area (Å²) in [6.45, 7) is 26.5. The summed E-state index contributed by atoms with van der Waals surface area (Å²) in [6, 6.07) is 0. The maximum Gasteiger partial charge on any atom is 0.149 e. The van der Waals surface area contributed by atoms with Gasteiger partial charge in [-0.25, -0.2) is 0 Å². The number of ether oxygens (including phenoxy) is 3. The van der Waals surface area contributed by atoms with E-state index in [1.54, 1.807) is 6.92 Å². The minimum absolute atomic E-state index is 0. The number of nitrogens with zero attached hydrogens (tertiary/aromatic N) is 2. The normalized spacial score (nSPS) is 21.5. The van der Waals surface area contributed by atoms with E-state index >= 15 is 0 Å². The highest BCUT2D eigenvalue weighted by Crippen LogP contribution is 2.27. The molecule has 0 amide bonds. The van der Waals surface area contributed by atoms with Crippen LogP contribution in [-0.4, -0.2) is 140 Å². The zero-order chi connectivity index (χ0) is 42.9. The molecular weight excluding hydrogens is 801 g/mol. The lowest BCUT2D eigenvalue weighted by Crippen LogP contribution is -2.40. The molecule has 0 aromatic rings. The van der Waals surface area contributed by atoms with Gasteiger partial charge in [0.1, 0.15) is 28.9 Å². The predicted molar refractivity (Wildman–Crippen MR) is 264 cm³/mol. The fourth-order valence-corrected chi connectivity index (χ4v) is 6.99. The van der Waals surface area contributed by atoms with Crippen LogP contribution in [0.1, 0.15) is 171 Å². The van der Waals surface area contributed by atoms with Gasteiger partial charge < -0.3 is 24.4 Å². The molecular formula is C51H106N2O10. The van der Waals surface area contributed by atoms with Crippen LogP contribution in [0.25, 0.3) is 0 Å². The highest BCUT2D eigenvalue weighted by molar-refractivity contribution is 5.84. The number of hydrogen-bond acceptors (Lipinski definition) is 12. The first-order valence-electron chi connectivity index (χ1n) is 22.1. The molecule has 1 aliphatic carbocycles. The fourth-order valence-electron chi connectivity index (χ4n) is 6.99. The van der Waals surface area contributed by atoms with Crippen molar-refractivity contribution in [3.8, 4) is 0 Å². The molecule has 5 rings (SSSR count). The molecule has 0 bridgehead atoms. The maximum absolute atomic E-state index is 11.5. The summed E-state index contributed by atoms with van der Waals surface area (Å²) in [4.78, 5) is 60.7. The van der Waals surface area contributed by atoms with Crippen molar-refractivity contribution in [3.05, 3.63) is 0 Å². The number of aliphatic hydroxyl groups is 2. The molecule has 12 nitrogen and oxygen atoms in total. The van der Waals surface area contributed by atoms with Crippen LogP contribution in [0, 0.1) is 41.4 Å². The molecule has 1 saturated carbocycles. The van der Waals surface area contributed by atoms with Crippen LogP contribution in [-0.2, 0) is 38.2 Å². The van der Waals surface area contributed by atoms with Gasteiger partial charge in [-0.3, -0.25) is 33.8 Å². The minimum Gasteiger partial charge on any atom is -0.393 e. The van der Waals surface area contributed by atoms with E-state index in [1.807, 2.05) is 55.4 Å². The van der Waals surface area contributed by atoms with Crippen LogP contribution in [0.4, 0.5) is 0 Å². The smallest absolute Gasteiger partial charge is 0.149 e. The highest BCUT2D eigenvalue weighted by Gasteiger charge is 2.27. The lowest BCUT2D eigenvalue weighted by atomic mass is 9.81. The van der Waals surface area contributed by atoms with E-state index in [2.05, 4.69) is 9.80 Å². The SMILES string of the molecule is C.C.C.C.C.C.CC(=O)C1CCCOC1.CC(C)C(=O)C1CCC(O)CC1.CC(C)C(=O)C1CCOCC1.CC(C)C(=O)CN1CCC(O)CC1.CC(C)C(=O)CN1CCOCC1. The van der Waals surface area contributed by atoms with E-state index in [9.17, 15) is 34.2 Å². The van der Waals surface area contributed by atoms with Crippen molar-refractivity contribution in [2.45, 2.75) is 183 Å². The molecule has 2 N–H and O–H groups in total. The summed E-state index contributed by atoms with van der Waals surface area (Å²) in [7, 11) is 0. The molecule has 5 aliphatic rings. The number of morpholine rings is 1. The quantitative estimate of drug-likeness (QED) is 0.203. The second-order valence-corrected chi connectivity index (χ2v) is 17.7. The van der Waals surface area contributed by atoms with Crippen molar-refractivity contribution in [2.24, 2.45) is 41.4 Å². The molecule has 1 atom stereocenters. The zero-order valence-corrected chi connectivity index (χ0v) is 37.3. The Bertz CT molecular complexity index is 1130. The predicted octanol–water partition coefficient (Wildman–Crippen LogP) is 9.43. The average Bonchev–Trinajstić information content (AvgIpc) is 3.20. The number of carbonyl (C=O) groups excluding carboxylic acids is 5. The molecule has 0 aromatic heterocycles. The van der Waals surface area contributed by atoms with Crippen LogP contribution >= 0.6 is 0 Å². The van der Waals surface area contributed by atoms with E-state index in [1.165, 1.54) is 0 Å². The van der Waals surface area contributed by atoms with Crippen molar-refractivity contribution >= 4 is 28.9 Å². The monoisotopic (exact) mass is 907 g/mol. The number of hydrogen-bond donors (Lipinski definition) is 2. The highest BCUT2D eigenvalue weighted by atomic mass is 16.5. The molecule has 0 radical (unpaired) electrons. The maximum atomic E-state index is 11.5. The molecule has 1 unspecified atom stereocenters. The van der Waals surface area contributed by atoms with Gasteiger partial charge in [0.05, 0.1) is 45.1 Å². The van der Waals surface area contributed by atoms with Crippen molar-refractivity contribution in [1.82, 2.24) is 9.80 Å². The lowest BCUT2D eigenvalue weighted by Gasteiger charge is -2.29. The summed E-state index contributed by atoms with van der Waals surface area (Å²) in [5, 5.41) is 18.5. The number of piperidine rings is 1. The molecule has 12 heteroatoms. The molecule has 4 saturated heterocycles. The molecule has 4 aliphatic heterocycles. The van der Waals surface area contributed by atoms with Gasteiger partial charge in [0.25, 0.3) is 0 Å². The molecule has 63 heavy (non-hydrogen) atoms. The fraction of sp³-hybridized carbons (Fsp3) is 0.902. The Balaban J connectivity index is -0.000000158. The second kappa shape index (κ2) is 41.5. The Kier molecular flexibility index (Phi) is 47.9. The summed E-state index contributed by atoms with van der Waals surface area (Å²) >= 11 is 0. The summed E-state index contributed by atoms with van der Waals surface area (Å²) in [5.74, 6) is 3.04. The van der Waals surface area contributed by atoms with Gasteiger partial charge in [-0.05, 0) is 71.1 Å². The largest absolute Gasteiger partial charge is 0.393 e. The van der Waals surface area contributed by atoms with Gasteiger partial charge in [0, 0.05) is 87.4 Å². The van der Waals surface area contributed by atoms with Gasteiger partial charge in [-0.1, -0.05) is 99.9 Å².